The van der Waals surface area contributed by atoms with E-state index in [9.17, 15) is 14.4 Å². The van der Waals surface area contributed by atoms with Crippen LogP contribution in [0.15, 0.2) is 30.3 Å². The van der Waals surface area contributed by atoms with E-state index >= 15 is 0 Å². The second kappa shape index (κ2) is 9.32. The van der Waals surface area contributed by atoms with E-state index in [1.165, 1.54) is 25.2 Å². The highest BCUT2D eigenvalue weighted by Gasteiger charge is 2.21. The van der Waals surface area contributed by atoms with Crippen LogP contribution in [0.1, 0.15) is 47.3 Å². The predicted octanol–water partition coefficient (Wildman–Crippen LogP) is 4.15. The highest BCUT2D eigenvalue weighted by molar-refractivity contribution is 7.14. The number of anilines is 2. The number of ether oxygens (including phenoxy) is 1. The molecule has 0 bridgehead atoms. The lowest BCUT2D eigenvalue weighted by atomic mass is 10.1. The summed E-state index contributed by atoms with van der Waals surface area (Å²) in [7, 11) is 0. The lowest BCUT2D eigenvalue weighted by Crippen LogP contribution is -2.29. The quantitative estimate of drug-likeness (QED) is 0.698. The van der Waals surface area contributed by atoms with Gasteiger partial charge in [-0.25, -0.2) is 4.79 Å². The van der Waals surface area contributed by atoms with Crippen LogP contribution in [0.5, 0.6) is 0 Å². The van der Waals surface area contributed by atoms with Crippen molar-refractivity contribution in [1.29, 1.82) is 0 Å². The van der Waals surface area contributed by atoms with E-state index in [0.29, 0.717) is 16.3 Å². The zero-order valence-corrected chi connectivity index (χ0v) is 16.7. The molecular weight excluding hydrogens is 364 g/mol. The molecule has 0 saturated carbocycles. The Hall–Kier alpha value is -2.67. The van der Waals surface area contributed by atoms with E-state index in [4.69, 9.17) is 4.74 Å². The number of hydrogen-bond donors (Lipinski definition) is 2. The van der Waals surface area contributed by atoms with E-state index in [0.717, 1.165) is 23.3 Å². The topological polar surface area (TPSA) is 84.5 Å². The number of amides is 2. The Morgan fingerprint density at radius 3 is 2.26 bits per heavy atom. The van der Waals surface area contributed by atoms with Crippen LogP contribution in [0.25, 0.3) is 0 Å². The number of carbonyl (C=O) groups is 3. The Morgan fingerprint density at radius 2 is 1.70 bits per heavy atom. The van der Waals surface area contributed by atoms with E-state index in [2.05, 4.69) is 17.6 Å². The summed E-state index contributed by atoms with van der Waals surface area (Å²) in [5.74, 6) is -1.08. The molecule has 0 aliphatic carbocycles. The van der Waals surface area contributed by atoms with Crippen LogP contribution in [0.2, 0.25) is 0 Å². The Labute approximate surface area is 162 Å². The smallest absolute Gasteiger partial charge is 0.349 e. The summed E-state index contributed by atoms with van der Waals surface area (Å²) in [6.07, 6.45) is 0.996. The van der Waals surface area contributed by atoms with Crippen molar-refractivity contribution in [3.63, 3.8) is 0 Å². The second-order valence-electron chi connectivity index (χ2n) is 6.24. The standard InChI is InChI=1S/C20H24N2O4S/c1-5-6-15-11-18(27-13(15)3)20(25)26-12(2)19(24)22-17-9-7-16(8-10-17)21-14(4)23/h7-12H,5-6H2,1-4H3,(H,21,23)(H,22,24)/t12-/m1/s1. The van der Waals surface area contributed by atoms with Crippen LogP contribution in [0, 0.1) is 6.92 Å². The summed E-state index contributed by atoms with van der Waals surface area (Å²) >= 11 is 1.39. The summed E-state index contributed by atoms with van der Waals surface area (Å²) in [6, 6.07) is 8.53. The summed E-state index contributed by atoms with van der Waals surface area (Å²) in [4.78, 5) is 37.2. The summed E-state index contributed by atoms with van der Waals surface area (Å²) in [5.41, 5.74) is 2.33. The molecule has 0 fully saturated rings. The molecule has 7 heteroatoms. The van der Waals surface area contributed by atoms with Crippen LogP contribution in [-0.4, -0.2) is 23.9 Å². The molecule has 0 saturated heterocycles. The molecule has 0 unspecified atom stereocenters. The van der Waals surface area contributed by atoms with Gasteiger partial charge in [-0.1, -0.05) is 13.3 Å². The van der Waals surface area contributed by atoms with Crippen LogP contribution in [0.3, 0.4) is 0 Å². The third-order valence-electron chi connectivity index (χ3n) is 3.87. The minimum Gasteiger partial charge on any atom is -0.448 e. The van der Waals surface area contributed by atoms with Gasteiger partial charge in [-0.2, -0.15) is 0 Å². The molecule has 6 nitrogen and oxygen atoms in total. The zero-order valence-electron chi connectivity index (χ0n) is 15.9. The van der Waals surface area contributed by atoms with E-state index in [1.807, 2.05) is 13.0 Å². The first-order valence-electron chi connectivity index (χ1n) is 8.79. The molecule has 2 aromatic rings. The van der Waals surface area contributed by atoms with Gasteiger partial charge in [-0.3, -0.25) is 9.59 Å². The maximum absolute atomic E-state index is 12.3. The lowest BCUT2D eigenvalue weighted by molar-refractivity contribution is -0.123. The molecule has 1 atom stereocenters. The molecule has 0 aliphatic heterocycles. The molecule has 1 heterocycles. The average molecular weight is 388 g/mol. The van der Waals surface area contributed by atoms with Gasteiger partial charge in [0.1, 0.15) is 4.88 Å². The van der Waals surface area contributed by atoms with Crippen molar-refractivity contribution >= 4 is 40.5 Å². The number of thiophene rings is 1. The summed E-state index contributed by atoms with van der Waals surface area (Å²) in [5, 5.41) is 5.34. The molecule has 2 N–H and O–H groups in total. The predicted molar refractivity (Wildman–Crippen MR) is 107 cm³/mol. The fraction of sp³-hybridized carbons (Fsp3) is 0.350. The number of nitrogens with one attached hydrogen (secondary N) is 2. The van der Waals surface area contributed by atoms with Gasteiger partial charge in [0.05, 0.1) is 0 Å². The zero-order chi connectivity index (χ0) is 20.0. The van der Waals surface area contributed by atoms with Crippen LogP contribution >= 0.6 is 11.3 Å². The fourth-order valence-electron chi connectivity index (χ4n) is 2.49. The largest absolute Gasteiger partial charge is 0.448 e. The Kier molecular flexibility index (Phi) is 7.12. The number of rotatable bonds is 7. The molecule has 2 rings (SSSR count). The van der Waals surface area contributed by atoms with Crippen molar-refractivity contribution in [1.82, 2.24) is 0 Å². The van der Waals surface area contributed by atoms with Crippen molar-refractivity contribution in [2.75, 3.05) is 10.6 Å². The molecule has 0 spiro atoms. The molecule has 27 heavy (non-hydrogen) atoms. The highest BCUT2D eigenvalue weighted by Crippen LogP contribution is 2.24. The monoisotopic (exact) mass is 388 g/mol. The fourth-order valence-corrected chi connectivity index (χ4v) is 3.45. The number of carbonyl (C=O) groups excluding carboxylic acids is 3. The van der Waals surface area contributed by atoms with Crippen molar-refractivity contribution in [2.45, 2.75) is 46.6 Å². The van der Waals surface area contributed by atoms with E-state index in [1.54, 1.807) is 24.3 Å². The van der Waals surface area contributed by atoms with Crippen molar-refractivity contribution in [3.05, 3.63) is 45.6 Å². The van der Waals surface area contributed by atoms with Crippen LogP contribution in [0.4, 0.5) is 11.4 Å². The van der Waals surface area contributed by atoms with Crippen LogP contribution < -0.4 is 10.6 Å². The molecule has 1 aromatic heterocycles. The first-order valence-corrected chi connectivity index (χ1v) is 9.60. The number of benzene rings is 1. The van der Waals surface area contributed by atoms with Gasteiger partial charge in [0, 0.05) is 23.2 Å². The molecule has 2 amide bonds. The maximum Gasteiger partial charge on any atom is 0.349 e. The van der Waals surface area contributed by atoms with Gasteiger partial charge in [-0.05, 0) is 56.2 Å². The second-order valence-corrected chi connectivity index (χ2v) is 7.49. The van der Waals surface area contributed by atoms with Gasteiger partial charge in [0.15, 0.2) is 6.10 Å². The summed E-state index contributed by atoms with van der Waals surface area (Å²) in [6.45, 7) is 7.02. The van der Waals surface area contributed by atoms with Gasteiger partial charge >= 0.3 is 5.97 Å². The van der Waals surface area contributed by atoms with Gasteiger partial charge in [0.25, 0.3) is 5.91 Å². The minimum absolute atomic E-state index is 0.168. The third kappa shape index (κ3) is 5.92. The Balaban J connectivity index is 1.93. The van der Waals surface area contributed by atoms with Crippen molar-refractivity contribution in [3.8, 4) is 0 Å². The molecule has 0 aliphatic rings. The third-order valence-corrected chi connectivity index (χ3v) is 4.94. The molecule has 1 aromatic carbocycles. The number of aryl methyl sites for hydroxylation is 2. The highest BCUT2D eigenvalue weighted by atomic mass is 32.1. The molecule has 0 radical (unpaired) electrons. The lowest BCUT2D eigenvalue weighted by Gasteiger charge is -2.13. The first kappa shape index (κ1) is 20.6. The van der Waals surface area contributed by atoms with Gasteiger partial charge in [-0.15, -0.1) is 11.3 Å². The normalized spacial score (nSPS) is 11.6. The Bertz CT molecular complexity index is 827. The van der Waals surface area contributed by atoms with Gasteiger partial charge < -0.3 is 15.4 Å². The van der Waals surface area contributed by atoms with Crippen LogP contribution in [-0.2, 0) is 20.7 Å². The summed E-state index contributed by atoms with van der Waals surface area (Å²) < 4.78 is 5.30. The molecule has 144 valence electrons. The van der Waals surface area contributed by atoms with Gasteiger partial charge in [0.2, 0.25) is 5.91 Å². The SMILES string of the molecule is CCCc1cc(C(=O)O[C@H](C)C(=O)Nc2ccc(NC(C)=O)cc2)sc1C. The van der Waals surface area contributed by atoms with Crippen molar-refractivity contribution < 1.29 is 19.1 Å². The van der Waals surface area contributed by atoms with Crippen molar-refractivity contribution in [2.24, 2.45) is 0 Å². The average Bonchev–Trinajstić information content (AvgIpc) is 2.97. The number of esters is 1. The van der Waals surface area contributed by atoms with E-state index < -0.39 is 18.0 Å². The molecular formula is C20H24N2O4S. The minimum atomic E-state index is -0.926. The Morgan fingerprint density at radius 1 is 1.11 bits per heavy atom. The maximum atomic E-state index is 12.3. The first-order chi connectivity index (χ1) is 12.8. The number of hydrogen-bond acceptors (Lipinski definition) is 5. The van der Waals surface area contributed by atoms with E-state index in [-0.39, 0.29) is 5.91 Å².